The lowest BCUT2D eigenvalue weighted by Crippen LogP contribution is -2.07. The molecule has 0 aliphatic heterocycles. The molecule has 0 bridgehead atoms. The summed E-state index contributed by atoms with van der Waals surface area (Å²) in [5.41, 5.74) is 4.37. The van der Waals surface area contributed by atoms with Crippen molar-refractivity contribution in [3.8, 4) is 11.1 Å². The minimum Gasteiger partial charge on any atom is -0.478 e. The molecular weight excluding hydrogens is 422 g/mol. The monoisotopic (exact) mass is 453 g/mol. The second-order valence-corrected chi connectivity index (χ2v) is 8.58. The van der Waals surface area contributed by atoms with Gasteiger partial charge in [0.2, 0.25) is 0 Å². The zero-order chi connectivity index (χ0) is 23.8. The average molecular weight is 454 g/mol. The molecule has 1 heterocycles. The van der Waals surface area contributed by atoms with E-state index in [0.717, 1.165) is 54.1 Å². The van der Waals surface area contributed by atoms with Gasteiger partial charge >= 0.3 is 5.97 Å². The Morgan fingerprint density at radius 1 is 0.853 bits per heavy atom. The molecule has 5 nitrogen and oxygen atoms in total. The van der Waals surface area contributed by atoms with Gasteiger partial charge in [-0.25, -0.2) is 14.5 Å². The van der Waals surface area contributed by atoms with Crippen LogP contribution >= 0.6 is 0 Å². The van der Waals surface area contributed by atoms with Crippen molar-refractivity contribution in [3.05, 3.63) is 107 Å². The van der Waals surface area contributed by atoms with Crippen LogP contribution in [0.3, 0.4) is 0 Å². The Bertz CT molecular complexity index is 1210. The van der Waals surface area contributed by atoms with E-state index < -0.39 is 5.97 Å². The van der Waals surface area contributed by atoms with E-state index in [1.807, 2.05) is 30.3 Å². The second-order valence-electron chi connectivity index (χ2n) is 8.58. The molecule has 1 N–H and O–H groups in total. The summed E-state index contributed by atoms with van der Waals surface area (Å²) >= 11 is 0. The number of aromatic nitrogens is 3. The van der Waals surface area contributed by atoms with Crippen LogP contribution in [0.5, 0.6) is 0 Å². The van der Waals surface area contributed by atoms with Crippen LogP contribution in [0.25, 0.3) is 11.1 Å². The molecule has 0 unspecified atom stereocenters. The van der Waals surface area contributed by atoms with Crippen LogP contribution in [-0.2, 0) is 25.8 Å². The van der Waals surface area contributed by atoms with E-state index in [1.54, 1.807) is 12.1 Å². The first-order valence-electron chi connectivity index (χ1n) is 12.0. The molecule has 4 rings (SSSR count). The molecule has 5 heteroatoms. The third-order valence-corrected chi connectivity index (χ3v) is 6.03. The fourth-order valence-electron chi connectivity index (χ4n) is 4.16. The molecule has 0 saturated carbocycles. The highest BCUT2D eigenvalue weighted by Gasteiger charge is 2.13. The van der Waals surface area contributed by atoms with E-state index in [4.69, 9.17) is 10.1 Å². The predicted molar refractivity (Wildman–Crippen MR) is 135 cm³/mol. The number of carboxylic acid groups (broad SMARTS) is 1. The first-order valence-corrected chi connectivity index (χ1v) is 12.0. The van der Waals surface area contributed by atoms with Crippen LogP contribution in [0, 0.1) is 0 Å². The zero-order valence-electron chi connectivity index (χ0n) is 19.7. The van der Waals surface area contributed by atoms with E-state index in [-0.39, 0.29) is 0 Å². The molecule has 0 aliphatic carbocycles. The number of aromatic carboxylic acids is 1. The number of aryl methyl sites for hydroxylation is 3. The van der Waals surface area contributed by atoms with E-state index in [0.29, 0.717) is 12.0 Å². The summed E-state index contributed by atoms with van der Waals surface area (Å²) < 4.78 is 2.07. The van der Waals surface area contributed by atoms with Gasteiger partial charge in [0.15, 0.2) is 5.82 Å². The number of hydrogen-bond donors (Lipinski definition) is 1. The molecule has 0 saturated heterocycles. The van der Waals surface area contributed by atoms with Crippen molar-refractivity contribution in [2.24, 2.45) is 0 Å². The van der Waals surface area contributed by atoms with Crippen molar-refractivity contribution in [1.29, 1.82) is 0 Å². The molecule has 174 valence electrons. The van der Waals surface area contributed by atoms with E-state index in [2.05, 4.69) is 48.0 Å². The van der Waals surface area contributed by atoms with Crippen molar-refractivity contribution in [2.75, 3.05) is 0 Å². The summed E-state index contributed by atoms with van der Waals surface area (Å²) in [5, 5.41) is 14.3. The third-order valence-electron chi connectivity index (χ3n) is 6.03. The Morgan fingerprint density at radius 3 is 2.32 bits per heavy atom. The molecule has 0 atom stereocenters. The lowest BCUT2D eigenvalue weighted by molar-refractivity contribution is 0.0697. The average Bonchev–Trinajstić information content (AvgIpc) is 3.25. The van der Waals surface area contributed by atoms with Gasteiger partial charge in [0, 0.05) is 19.4 Å². The summed E-state index contributed by atoms with van der Waals surface area (Å²) in [6, 6.07) is 25.7. The van der Waals surface area contributed by atoms with Crippen molar-refractivity contribution in [3.63, 3.8) is 0 Å². The van der Waals surface area contributed by atoms with Gasteiger partial charge in [-0.1, -0.05) is 92.6 Å². The van der Waals surface area contributed by atoms with Crippen molar-refractivity contribution in [2.45, 2.75) is 52.0 Å². The second kappa shape index (κ2) is 11.4. The van der Waals surface area contributed by atoms with E-state index in [1.165, 1.54) is 18.4 Å². The molecule has 0 aliphatic rings. The van der Waals surface area contributed by atoms with Gasteiger partial charge in [-0.3, -0.25) is 0 Å². The van der Waals surface area contributed by atoms with Gasteiger partial charge in [-0.15, -0.1) is 0 Å². The number of carbonyl (C=O) groups is 1. The normalized spacial score (nSPS) is 11.0. The van der Waals surface area contributed by atoms with Crippen LogP contribution in [0.15, 0.2) is 78.9 Å². The summed E-state index contributed by atoms with van der Waals surface area (Å²) in [5.74, 6) is 0.961. The number of nitrogens with zero attached hydrogens (tertiary/aromatic N) is 3. The summed E-state index contributed by atoms with van der Waals surface area (Å²) in [7, 11) is 0. The molecule has 0 amide bonds. The first kappa shape index (κ1) is 23.4. The Labute approximate surface area is 201 Å². The quantitative estimate of drug-likeness (QED) is 0.274. The molecule has 1 aromatic heterocycles. The van der Waals surface area contributed by atoms with Gasteiger partial charge in [0.25, 0.3) is 0 Å². The Hall–Kier alpha value is -3.73. The summed E-state index contributed by atoms with van der Waals surface area (Å²) in [6.07, 6.45) is 5.89. The van der Waals surface area contributed by atoms with Gasteiger partial charge < -0.3 is 5.11 Å². The molecule has 3 aromatic carbocycles. The summed E-state index contributed by atoms with van der Waals surface area (Å²) in [6.45, 7) is 3.09. The van der Waals surface area contributed by atoms with Crippen molar-refractivity contribution < 1.29 is 9.90 Å². The Kier molecular flexibility index (Phi) is 7.87. The van der Waals surface area contributed by atoms with E-state index >= 15 is 0 Å². The maximum Gasteiger partial charge on any atom is 0.336 e. The van der Waals surface area contributed by atoms with Gasteiger partial charge in [0.05, 0.1) is 5.56 Å². The Morgan fingerprint density at radius 2 is 1.59 bits per heavy atom. The first-order chi connectivity index (χ1) is 16.6. The van der Waals surface area contributed by atoms with Crippen LogP contribution in [0.1, 0.15) is 59.3 Å². The maximum atomic E-state index is 11.6. The minimum atomic E-state index is -0.914. The number of carboxylic acids is 1. The molecule has 34 heavy (non-hydrogen) atoms. The molecule has 0 radical (unpaired) electrons. The maximum absolute atomic E-state index is 11.6. The predicted octanol–water partition coefficient (Wildman–Crippen LogP) is 6.21. The molecular formula is C29H31N3O2. The van der Waals surface area contributed by atoms with Gasteiger partial charge in [-0.05, 0) is 41.2 Å². The highest BCUT2D eigenvalue weighted by atomic mass is 16.4. The highest BCUT2D eigenvalue weighted by Crippen LogP contribution is 2.25. The summed E-state index contributed by atoms with van der Waals surface area (Å²) in [4.78, 5) is 16.5. The van der Waals surface area contributed by atoms with Gasteiger partial charge in [0.1, 0.15) is 5.82 Å². The standard InChI is InChI=1S/C29H31N3O2/c1-2-3-9-20-32-28(30-27(31-32)19-16-22-10-5-4-6-11-22)21-23-14-17-24(18-15-23)25-12-7-8-13-26(25)29(33)34/h4-8,10-15,17-18H,2-3,9,16,19-21H2,1H3,(H,33,34). The minimum absolute atomic E-state index is 0.314. The molecule has 4 aromatic rings. The zero-order valence-corrected chi connectivity index (χ0v) is 19.7. The number of rotatable bonds is 11. The molecule has 0 fully saturated rings. The Balaban J connectivity index is 1.51. The lowest BCUT2D eigenvalue weighted by atomic mass is 9.98. The van der Waals surface area contributed by atoms with Crippen LogP contribution in [-0.4, -0.2) is 25.8 Å². The topological polar surface area (TPSA) is 68.0 Å². The number of hydrogen-bond acceptors (Lipinski definition) is 3. The molecule has 0 spiro atoms. The van der Waals surface area contributed by atoms with E-state index in [9.17, 15) is 9.90 Å². The van der Waals surface area contributed by atoms with Crippen molar-refractivity contribution in [1.82, 2.24) is 14.8 Å². The fraction of sp³-hybridized carbons (Fsp3) is 0.276. The van der Waals surface area contributed by atoms with Crippen LogP contribution in [0.2, 0.25) is 0 Å². The largest absolute Gasteiger partial charge is 0.478 e. The number of unbranched alkanes of at least 4 members (excludes halogenated alkanes) is 2. The van der Waals surface area contributed by atoms with Crippen LogP contribution < -0.4 is 0 Å². The third kappa shape index (κ3) is 5.98. The smallest absolute Gasteiger partial charge is 0.336 e. The van der Waals surface area contributed by atoms with Crippen molar-refractivity contribution >= 4 is 5.97 Å². The van der Waals surface area contributed by atoms with Crippen LogP contribution in [0.4, 0.5) is 0 Å². The SMILES string of the molecule is CCCCCn1nc(CCc2ccccc2)nc1Cc1ccc(-c2ccccc2C(=O)O)cc1. The van der Waals surface area contributed by atoms with Gasteiger partial charge in [-0.2, -0.15) is 5.10 Å². The number of benzene rings is 3. The highest BCUT2D eigenvalue weighted by molar-refractivity contribution is 5.95. The fourth-order valence-corrected chi connectivity index (χ4v) is 4.16. The lowest BCUT2D eigenvalue weighted by Gasteiger charge is -2.08.